The normalized spacial score (nSPS) is 17.6. The van der Waals surface area contributed by atoms with Gasteiger partial charge in [-0.3, -0.25) is 0 Å². The number of thiophene rings is 1. The van der Waals surface area contributed by atoms with E-state index in [1.807, 2.05) is 18.2 Å². The average molecular weight is 398 g/mol. The topological polar surface area (TPSA) is 12.0 Å². The summed E-state index contributed by atoms with van der Waals surface area (Å²) in [5, 5.41) is 4.54. The molecular formula is C13H9BrCl3NS. The van der Waals surface area contributed by atoms with E-state index < -0.39 is 0 Å². The molecule has 3 rings (SSSR count). The fraction of sp³-hybridized carbons (Fsp3) is 0.231. The first-order valence-electron chi connectivity index (χ1n) is 5.74. The number of halogens is 4. The molecule has 0 saturated heterocycles. The quantitative estimate of drug-likeness (QED) is 0.565. The molecule has 1 heterocycles. The van der Waals surface area contributed by atoms with Crippen LogP contribution < -0.4 is 5.32 Å². The van der Waals surface area contributed by atoms with Crippen LogP contribution in [0, 0.1) is 0 Å². The molecule has 0 saturated carbocycles. The molecule has 1 atom stereocenters. The van der Waals surface area contributed by atoms with Crippen LogP contribution in [0.1, 0.15) is 22.9 Å². The average Bonchev–Trinajstić information content (AvgIpc) is 2.90. The van der Waals surface area contributed by atoms with Crippen LogP contribution in [0.2, 0.25) is 14.4 Å². The van der Waals surface area contributed by atoms with Gasteiger partial charge in [0.25, 0.3) is 0 Å². The standard InChI is InChI=1S/C13H9BrCl3NS/c14-7-1-2-9(13(17)12(7)16)18-8-3-4-10-6(8)5-11(15)19-10/h1-2,5,8,18H,3-4H2. The fourth-order valence-corrected chi connectivity index (χ4v) is 4.49. The Labute approximate surface area is 139 Å². The maximum atomic E-state index is 6.26. The van der Waals surface area contributed by atoms with Crippen LogP contribution in [-0.2, 0) is 6.42 Å². The van der Waals surface area contributed by atoms with Crippen molar-refractivity contribution in [3.8, 4) is 0 Å². The molecule has 1 aromatic heterocycles. The van der Waals surface area contributed by atoms with Crippen LogP contribution in [0.3, 0.4) is 0 Å². The van der Waals surface area contributed by atoms with E-state index in [9.17, 15) is 0 Å². The molecule has 1 aliphatic carbocycles. The van der Waals surface area contributed by atoms with Crippen LogP contribution >= 0.6 is 62.1 Å². The molecule has 0 amide bonds. The molecule has 0 spiro atoms. The molecule has 1 unspecified atom stereocenters. The number of nitrogens with one attached hydrogen (secondary N) is 1. The van der Waals surface area contributed by atoms with Crippen molar-refractivity contribution < 1.29 is 0 Å². The fourth-order valence-electron chi connectivity index (χ4n) is 2.31. The van der Waals surface area contributed by atoms with E-state index in [1.165, 1.54) is 10.4 Å². The number of aryl methyl sites for hydroxylation is 1. The number of hydrogen-bond donors (Lipinski definition) is 1. The molecule has 1 nitrogen and oxygen atoms in total. The first-order chi connectivity index (χ1) is 9.06. The SMILES string of the molecule is Clc1cc2c(s1)CCC2Nc1ccc(Br)c(Cl)c1Cl. The molecule has 1 aliphatic rings. The van der Waals surface area contributed by atoms with Crippen LogP contribution in [0.15, 0.2) is 22.7 Å². The van der Waals surface area contributed by atoms with Gasteiger partial charge in [-0.1, -0.05) is 34.8 Å². The van der Waals surface area contributed by atoms with Crippen LogP contribution in [0.5, 0.6) is 0 Å². The molecule has 100 valence electrons. The lowest BCUT2D eigenvalue weighted by Crippen LogP contribution is -2.07. The molecule has 6 heteroatoms. The number of rotatable bonds is 2. The Hall–Kier alpha value is 0.0700. The molecular weight excluding hydrogens is 388 g/mol. The minimum absolute atomic E-state index is 0.258. The van der Waals surface area contributed by atoms with Crippen molar-refractivity contribution in [2.24, 2.45) is 0 Å². The third-order valence-electron chi connectivity index (χ3n) is 3.21. The first-order valence-corrected chi connectivity index (χ1v) is 8.48. The second-order valence-corrected chi connectivity index (χ2v) is 7.77. The van der Waals surface area contributed by atoms with Crippen molar-refractivity contribution in [2.75, 3.05) is 5.32 Å². The van der Waals surface area contributed by atoms with Crippen molar-refractivity contribution in [3.63, 3.8) is 0 Å². The number of benzene rings is 1. The summed E-state index contributed by atoms with van der Waals surface area (Å²) in [6.45, 7) is 0. The Morgan fingerprint density at radius 3 is 2.79 bits per heavy atom. The second kappa shape index (κ2) is 5.45. The monoisotopic (exact) mass is 395 g/mol. The smallest absolute Gasteiger partial charge is 0.0934 e. The zero-order valence-corrected chi connectivity index (χ0v) is 14.3. The lowest BCUT2D eigenvalue weighted by molar-refractivity contribution is 0.762. The summed E-state index contributed by atoms with van der Waals surface area (Å²) >= 11 is 23.5. The van der Waals surface area contributed by atoms with Gasteiger partial charge in [0.15, 0.2) is 0 Å². The van der Waals surface area contributed by atoms with Gasteiger partial charge in [0.05, 0.1) is 26.1 Å². The van der Waals surface area contributed by atoms with E-state index in [2.05, 4.69) is 21.2 Å². The summed E-state index contributed by atoms with van der Waals surface area (Å²) in [4.78, 5) is 1.36. The highest BCUT2D eigenvalue weighted by Crippen LogP contribution is 2.43. The van der Waals surface area contributed by atoms with Gasteiger partial charge < -0.3 is 5.32 Å². The van der Waals surface area contributed by atoms with Gasteiger partial charge in [-0.15, -0.1) is 11.3 Å². The third-order valence-corrected chi connectivity index (χ3v) is 6.32. The second-order valence-electron chi connectivity index (χ2n) is 4.39. The Bertz CT molecular complexity index is 641. The van der Waals surface area contributed by atoms with Gasteiger partial charge in [0, 0.05) is 9.35 Å². The van der Waals surface area contributed by atoms with Crippen LogP contribution in [-0.4, -0.2) is 0 Å². The highest BCUT2D eigenvalue weighted by molar-refractivity contribution is 9.10. The number of fused-ring (bicyclic) bond motifs is 1. The Kier molecular flexibility index (Phi) is 4.03. The minimum Gasteiger partial charge on any atom is -0.377 e. The van der Waals surface area contributed by atoms with Gasteiger partial charge in [-0.2, -0.15) is 0 Å². The molecule has 0 fully saturated rings. The summed E-state index contributed by atoms with van der Waals surface area (Å²) < 4.78 is 1.65. The van der Waals surface area contributed by atoms with Crippen molar-refractivity contribution >= 4 is 67.8 Å². The van der Waals surface area contributed by atoms with E-state index in [0.29, 0.717) is 10.0 Å². The van der Waals surface area contributed by atoms with Crippen molar-refractivity contribution in [1.82, 2.24) is 0 Å². The van der Waals surface area contributed by atoms with Crippen molar-refractivity contribution in [3.05, 3.63) is 47.5 Å². The molecule has 0 bridgehead atoms. The lowest BCUT2D eigenvalue weighted by Gasteiger charge is -2.16. The summed E-state index contributed by atoms with van der Waals surface area (Å²) in [5.74, 6) is 0. The van der Waals surface area contributed by atoms with Gasteiger partial charge in [0.1, 0.15) is 0 Å². The van der Waals surface area contributed by atoms with Gasteiger partial charge in [-0.25, -0.2) is 0 Å². The highest BCUT2D eigenvalue weighted by Gasteiger charge is 2.25. The highest BCUT2D eigenvalue weighted by atomic mass is 79.9. The number of anilines is 1. The van der Waals surface area contributed by atoms with Gasteiger partial charge in [0.2, 0.25) is 0 Å². The van der Waals surface area contributed by atoms with Gasteiger partial charge in [-0.05, 0) is 52.5 Å². The van der Waals surface area contributed by atoms with Crippen molar-refractivity contribution in [2.45, 2.75) is 18.9 Å². The predicted molar refractivity (Wildman–Crippen MR) is 88.2 cm³/mol. The van der Waals surface area contributed by atoms with Crippen LogP contribution in [0.4, 0.5) is 5.69 Å². The van der Waals surface area contributed by atoms with Crippen molar-refractivity contribution in [1.29, 1.82) is 0 Å². The first kappa shape index (κ1) is 14.0. The Morgan fingerprint density at radius 2 is 2.00 bits per heavy atom. The third kappa shape index (κ3) is 2.64. The molecule has 1 aromatic carbocycles. The molecule has 19 heavy (non-hydrogen) atoms. The zero-order chi connectivity index (χ0) is 13.6. The molecule has 0 aliphatic heterocycles. The minimum atomic E-state index is 0.258. The summed E-state index contributed by atoms with van der Waals surface area (Å²) in [6, 6.07) is 6.13. The van der Waals surface area contributed by atoms with E-state index in [4.69, 9.17) is 34.8 Å². The van der Waals surface area contributed by atoms with Crippen LogP contribution in [0.25, 0.3) is 0 Å². The van der Waals surface area contributed by atoms with E-state index in [0.717, 1.165) is 27.3 Å². The maximum absolute atomic E-state index is 6.26. The maximum Gasteiger partial charge on any atom is 0.0934 e. The zero-order valence-electron chi connectivity index (χ0n) is 9.64. The van der Waals surface area contributed by atoms with E-state index in [-0.39, 0.29) is 6.04 Å². The van der Waals surface area contributed by atoms with E-state index in [1.54, 1.807) is 11.3 Å². The number of hydrogen-bond acceptors (Lipinski definition) is 2. The Morgan fingerprint density at radius 1 is 1.21 bits per heavy atom. The largest absolute Gasteiger partial charge is 0.377 e. The molecule has 0 radical (unpaired) electrons. The molecule has 1 N–H and O–H groups in total. The summed E-state index contributed by atoms with van der Waals surface area (Å²) in [7, 11) is 0. The Balaban J connectivity index is 1.89. The molecule has 2 aromatic rings. The summed E-state index contributed by atoms with van der Waals surface area (Å²) in [6.07, 6.45) is 2.12. The van der Waals surface area contributed by atoms with E-state index >= 15 is 0 Å². The summed E-state index contributed by atoms with van der Waals surface area (Å²) in [5.41, 5.74) is 2.14. The van der Waals surface area contributed by atoms with Gasteiger partial charge >= 0.3 is 0 Å². The predicted octanol–water partition coefficient (Wildman–Crippen LogP) is 6.57. The lowest BCUT2D eigenvalue weighted by atomic mass is 10.1.